The second-order valence-corrected chi connectivity index (χ2v) is 7.47. The van der Waals surface area contributed by atoms with E-state index in [0.29, 0.717) is 13.1 Å². The van der Waals surface area contributed by atoms with Crippen LogP contribution in [-0.4, -0.2) is 25.0 Å². The average Bonchev–Trinajstić information content (AvgIpc) is 2.73. The summed E-state index contributed by atoms with van der Waals surface area (Å²) in [5.41, 5.74) is 6.92. The Morgan fingerprint density at radius 3 is 2.50 bits per heavy atom. The number of allylic oxidation sites excluding steroid dienone is 2. The Kier molecular flexibility index (Phi) is 4.16. The lowest BCUT2D eigenvalue weighted by atomic mass is 9.57. The van der Waals surface area contributed by atoms with E-state index in [9.17, 15) is 15.8 Å². The topological polar surface area (TPSA) is 101 Å². The Morgan fingerprint density at radius 1 is 1.07 bits per heavy atom. The monoisotopic (exact) mass is 365 g/mol. The van der Waals surface area contributed by atoms with E-state index in [1.165, 1.54) is 0 Å². The molecule has 0 bridgehead atoms. The SMILES string of the molecule is CN1CC=C2C(C#N)=C(N)C(C#N)(C#N)[C@H](c3cccc4ccccc34)[C@@H]2C1. The number of nitrogens with zero attached hydrogens (tertiary/aromatic N) is 4. The van der Waals surface area contributed by atoms with Crippen LogP contribution in [0.25, 0.3) is 10.8 Å². The van der Waals surface area contributed by atoms with E-state index in [2.05, 4.69) is 23.1 Å². The minimum Gasteiger partial charge on any atom is -0.399 e. The molecule has 2 aromatic carbocycles. The summed E-state index contributed by atoms with van der Waals surface area (Å²) in [6, 6.07) is 20.5. The Balaban J connectivity index is 2.09. The molecule has 0 unspecified atom stereocenters. The van der Waals surface area contributed by atoms with Gasteiger partial charge in [0.1, 0.15) is 6.07 Å². The van der Waals surface area contributed by atoms with Crippen molar-refractivity contribution in [2.45, 2.75) is 5.92 Å². The van der Waals surface area contributed by atoms with Crippen molar-refractivity contribution >= 4 is 10.8 Å². The number of nitriles is 3. The number of hydrogen-bond acceptors (Lipinski definition) is 5. The van der Waals surface area contributed by atoms with E-state index < -0.39 is 11.3 Å². The third kappa shape index (κ3) is 2.33. The van der Waals surface area contributed by atoms with E-state index in [4.69, 9.17) is 5.73 Å². The third-order valence-electron chi connectivity index (χ3n) is 6.01. The van der Waals surface area contributed by atoms with Gasteiger partial charge in [-0.05, 0) is 29.0 Å². The van der Waals surface area contributed by atoms with Crippen LogP contribution in [0.5, 0.6) is 0 Å². The van der Waals surface area contributed by atoms with Gasteiger partial charge in [-0.3, -0.25) is 0 Å². The van der Waals surface area contributed by atoms with Crippen molar-refractivity contribution in [1.29, 1.82) is 15.8 Å². The maximum atomic E-state index is 10.2. The van der Waals surface area contributed by atoms with Crippen LogP contribution in [0, 0.1) is 45.3 Å². The van der Waals surface area contributed by atoms with E-state index >= 15 is 0 Å². The molecular weight excluding hydrogens is 346 g/mol. The molecule has 2 atom stereocenters. The number of likely N-dealkylation sites (N-methyl/N-ethyl adjacent to an activating group) is 1. The molecule has 5 heteroatoms. The highest BCUT2D eigenvalue weighted by atomic mass is 15.1. The molecule has 0 fully saturated rings. The van der Waals surface area contributed by atoms with Crippen molar-refractivity contribution in [3.8, 4) is 18.2 Å². The summed E-state index contributed by atoms with van der Waals surface area (Å²) in [4.78, 5) is 2.14. The fourth-order valence-corrected chi connectivity index (χ4v) is 4.69. The lowest BCUT2D eigenvalue weighted by molar-refractivity contribution is 0.238. The number of nitrogens with two attached hydrogens (primary N) is 1. The van der Waals surface area contributed by atoms with Gasteiger partial charge in [-0.25, -0.2) is 0 Å². The first-order chi connectivity index (χ1) is 13.6. The molecule has 1 heterocycles. The van der Waals surface area contributed by atoms with Crippen molar-refractivity contribution < 1.29 is 0 Å². The molecule has 0 saturated carbocycles. The summed E-state index contributed by atoms with van der Waals surface area (Å²) >= 11 is 0. The summed E-state index contributed by atoms with van der Waals surface area (Å²) in [6.07, 6.45) is 2.01. The molecule has 2 N–H and O–H groups in total. The lowest BCUT2D eigenvalue weighted by Crippen LogP contribution is -2.47. The van der Waals surface area contributed by atoms with Crippen molar-refractivity contribution in [3.05, 3.63) is 70.9 Å². The van der Waals surface area contributed by atoms with Crippen LogP contribution < -0.4 is 5.73 Å². The van der Waals surface area contributed by atoms with Crippen LogP contribution in [-0.2, 0) is 0 Å². The van der Waals surface area contributed by atoms with Crippen LogP contribution >= 0.6 is 0 Å². The molecule has 0 amide bonds. The molecule has 2 aliphatic rings. The maximum absolute atomic E-state index is 10.2. The summed E-state index contributed by atoms with van der Waals surface area (Å²) in [5, 5.41) is 32.1. The molecule has 4 rings (SSSR count). The molecule has 0 spiro atoms. The molecule has 5 nitrogen and oxygen atoms in total. The standard InChI is InChI=1S/C23H19N5/c1-28-10-9-17-19(11-24)22(27)23(13-25,14-26)21(20(17)12-28)18-8-4-6-15-5-2-3-7-16(15)18/h2-9,20-21H,10,12,27H2,1H3/t20-,21-/m1/s1. The highest BCUT2D eigenvalue weighted by Gasteiger charge is 2.54. The second-order valence-electron chi connectivity index (χ2n) is 7.47. The Morgan fingerprint density at radius 2 is 1.79 bits per heavy atom. The van der Waals surface area contributed by atoms with Crippen LogP contribution in [0.3, 0.4) is 0 Å². The fraction of sp³-hybridized carbons (Fsp3) is 0.261. The van der Waals surface area contributed by atoms with Crippen LogP contribution in [0.1, 0.15) is 11.5 Å². The summed E-state index contributed by atoms with van der Waals surface area (Å²) in [6.45, 7) is 1.36. The Bertz CT molecular complexity index is 1130. The molecule has 2 aromatic rings. The summed E-state index contributed by atoms with van der Waals surface area (Å²) < 4.78 is 0. The van der Waals surface area contributed by atoms with Crippen LogP contribution in [0.2, 0.25) is 0 Å². The maximum Gasteiger partial charge on any atom is 0.191 e. The van der Waals surface area contributed by atoms with Crippen molar-refractivity contribution in [1.82, 2.24) is 4.90 Å². The van der Waals surface area contributed by atoms with Gasteiger partial charge >= 0.3 is 0 Å². The zero-order valence-corrected chi connectivity index (χ0v) is 15.6. The first kappa shape index (κ1) is 17.8. The first-order valence-electron chi connectivity index (χ1n) is 9.17. The highest BCUT2D eigenvalue weighted by Crippen LogP contribution is 2.55. The van der Waals surface area contributed by atoms with Crippen molar-refractivity contribution in [2.75, 3.05) is 20.1 Å². The second kappa shape index (κ2) is 6.54. The number of hydrogen-bond donors (Lipinski definition) is 1. The van der Waals surface area contributed by atoms with Gasteiger partial charge in [-0.2, -0.15) is 15.8 Å². The van der Waals surface area contributed by atoms with Crippen molar-refractivity contribution in [3.63, 3.8) is 0 Å². The van der Waals surface area contributed by atoms with Gasteiger partial charge in [0.25, 0.3) is 0 Å². The minimum atomic E-state index is -1.59. The van der Waals surface area contributed by atoms with Crippen LogP contribution in [0.4, 0.5) is 0 Å². The molecule has 0 aromatic heterocycles. The van der Waals surface area contributed by atoms with Gasteiger partial charge in [0.2, 0.25) is 0 Å². The van der Waals surface area contributed by atoms with E-state index in [0.717, 1.165) is 21.9 Å². The minimum absolute atomic E-state index is 0.0741. The molecule has 1 aliphatic heterocycles. The molecule has 0 saturated heterocycles. The number of benzene rings is 2. The smallest absolute Gasteiger partial charge is 0.191 e. The predicted molar refractivity (Wildman–Crippen MR) is 106 cm³/mol. The largest absolute Gasteiger partial charge is 0.399 e. The first-order valence-corrected chi connectivity index (χ1v) is 9.17. The summed E-state index contributed by atoms with van der Waals surface area (Å²) in [7, 11) is 2.00. The van der Waals surface area contributed by atoms with Crippen LogP contribution in [0.15, 0.2) is 65.4 Å². The summed E-state index contributed by atoms with van der Waals surface area (Å²) in [5.74, 6) is -0.620. The van der Waals surface area contributed by atoms with Crippen molar-refractivity contribution in [2.24, 2.45) is 17.1 Å². The highest BCUT2D eigenvalue weighted by molar-refractivity contribution is 5.87. The molecule has 136 valence electrons. The molecular formula is C23H19N5. The van der Waals surface area contributed by atoms with Gasteiger partial charge < -0.3 is 10.6 Å². The Hall–Kier alpha value is -3.59. The van der Waals surface area contributed by atoms with Gasteiger partial charge in [-0.1, -0.05) is 48.5 Å². The number of rotatable bonds is 1. The van der Waals surface area contributed by atoms with Gasteiger partial charge in [0, 0.05) is 24.9 Å². The zero-order chi connectivity index (χ0) is 19.9. The van der Waals surface area contributed by atoms with Gasteiger partial charge in [0.05, 0.1) is 23.4 Å². The molecule has 0 radical (unpaired) electrons. The third-order valence-corrected chi connectivity index (χ3v) is 6.01. The number of fused-ring (bicyclic) bond motifs is 2. The predicted octanol–water partition coefficient (Wildman–Crippen LogP) is 3.19. The molecule has 28 heavy (non-hydrogen) atoms. The zero-order valence-electron chi connectivity index (χ0n) is 15.6. The van der Waals surface area contributed by atoms with Gasteiger partial charge in [0.15, 0.2) is 5.41 Å². The van der Waals surface area contributed by atoms with E-state index in [1.807, 2.05) is 55.6 Å². The average molecular weight is 365 g/mol. The quantitative estimate of drug-likeness (QED) is 0.836. The van der Waals surface area contributed by atoms with E-state index in [1.54, 1.807) is 0 Å². The fourth-order valence-electron chi connectivity index (χ4n) is 4.69. The van der Waals surface area contributed by atoms with E-state index in [-0.39, 0.29) is 17.2 Å². The molecule has 1 aliphatic carbocycles. The lowest BCUT2D eigenvalue weighted by Gasteiger charge is -2.45. The van der Waals surface area contributed by atoms with Gasteiger partial charge in [-0.15, -0.1) is 0 Å². The Labute approximate surface area is 164 Å². The normalized spacial score (nSPS) is 23.9.